The van der Waals surface area contributed by atoms with Crippen molar-refractivity contribution in [1.82, 2.24) is 15.0 Å². The van der Waals surface area contributed by atoms with Gasteiger partial charge in [0.25, 0.3) is 0 Å². The highest BCUT2D eigenvalue weighted by atomic mass is 19.1. The molecule has 0 aliphatic heterocycles. The van der Waals surface area contributed by atoms with E-state index < -0.39 is 0 Å². The van der Waals surface area contributed by atoms with Gasteiger partial charge in [0.15, 0.2) is 0 Å². The zero-order valence-corrected chi connectivity index (χ0v) is 11.6. The first-order valence-corrected chi connectivity index (χ1v) is 6.72. The molecule has 0 radical (unpaired) electrons. The van der Waals surface area contributed by atoms with Crippen molar-refractivity contribution in [3.63, 3.8) is 0 Å². The maximum atomic E-state index is 12.4. The van der Waals surface area contributed by atoms with Crippen LogP contribution >= 0.6 is 0 Å². The Morgan fingerprint density at radius 2 is 2.20 bits per heavy atom. The number of ether oxygens (including phenoxy) is 1. The minimum atomic E-state index is 0.141. The number of nitrogens with two attached hydrogens (primary N) is 1. The average Bonchev–Trinajstić information content (AvgIpc) is 2.88. The summed E-state index contributed by atoms with van der Waals surface area (Å²) in [4.78, 5) is 1.70. The van der Waals surface area contributed by atoms with Gasteiger partial charge in [0.2, 0.25) is 0 Å². The molecule has 1 aromatic heterocycles. The summed E-state index contributed by atoms with van der Waals surface area (Å²) in [6.45, 7) is 3.22. The maximum Gasteiger partial charge on any atom is 0.122 e. The normalized spacial score (nSPS) is 12.1. The molecule has 0 spiro atoms. The van der Waals surface area contributed by atoms with Gasteiger partial charge in [0.1, 0.15) is 23.4 Å². The summed E-state index contributed by atoms with van der Waals surface area (Å²) >= 11 is 0. The molecule has 0 amide bonds. The topological polar surface area (TPSA) is 66.0 Å². The third-order valence-corrected chi connectivity index (χ3v) is 2.95. The summed E-state index contributed by atoms with van der Waals surface area (Å²) in [5, 5.41) is 8.77. The van der Waals surface area contributed by atoms with Gasteiger partial charge < -0.3 is 10.5 Å². The highest BCUT2D eigenvalue weighted by Gasteiger charge is 2.05. The minimum Gasteiger partial charge on any atom is -0.489 e. The van der Waals surface area contributed by atoms with E-state index in [1.807, 2.05) is 6.07 Å². The number of aryl methyl sites for hydroxylation is 1. The van der Waals surface area contributed by atoms with Crippen LogP contribution in [0.3, 0.4) is 0 Å². The average molecular weight is 278 g/mol. The molecule has 6 heteroatoms. The van der Waals surface area contributed by atoms with Crippen LogP contribution in [0.2, 0.25) is 0 Å². The molecule has 0 aliphatic rings. The summed E-state index contributed by atoms with van der Waals surface area (Å²) in [5.74, 6) is 0.632. The minimum absolute atomic E-state index is 0.141. The van der Waals surface area contributed by atoms with E-state index >= 15 is 0 Å². The quantitative estimate of drug-likeness (QED) is 0.844. The zero-order chi connectivity index (χ0) is 14.4. The highest BCUT2D eigenvalue weighted by Crippen LogP contribution is 2.18. The first kappa shape index (κ1) is 14.5. The van der Waals surface area contributed by atoms with Crippen molar-refractivity contribution < 1.29 is 9.13 Å². The molecule has 0 atom stereocenters. The summed E-state index contributed by atoms with van der Waals surface area (Å²) in [5.41, 5.74) is 7.39. The van der Waals surface area contributed by atoms with Crippen LogP contribution in [0.25, 0.3) is 11.0 Å². The molecule has 108 valence electrons. The molecule has 2 N–H and O–H groups in total. The van der Waals surface area contributed by atoms with Crippen molar-refractivity contribution in [1.29, 1.82) is 0 Å². The molecule has 0 saturated heterocycles. The summed E-state index contributed by atoms with van der Waals surface area (Å²) < 4.78 is 17.9. The van der Waals surface area contributed by atoms with Gasteiger partial charge in [-0.25, -0.2) is 4.39 Å². The van der Waals surface area contributed by atoms with E-state index in [0.29, 0.717) is 17.7 Å². The van der Waals surface area contributed by atoms with Crippen LogP contribution in [0.15, 0.2) is 30.1 Å². The number of unbranched alkanes of at least 4 members (excludes halogenated alkanes) is 1. The number of rotatable bonds is 7. The summed E-state index contributed by atoms with van der Waals surface area (Å²) in [7, 11) is 0. The molecular weight excluding hydrogens is 259 g/mol. The van der Waals surface area contributed by atoms with Crippen molar-refractivity contribution in [2.45, 2.75) is 26.3 Å². The third kappa shape index (κ3) is 3.54. The number of benzene rings is 1. The molecule has 0 saturated carbocycles. The van der Waals surface area contributed by atoms with Crippen molar-refractivity contribution >= 4 is 11.0 Å². The van der Waals surface area contributed by atoms with Crippen LogP contribution in [0, 0.1) is 0 Å². The van der Waals surface area contributed by atoms with Gasteiger partial charge in [-0.3, -0.25) is 0 Å². The predicted octanol–water partition coefficient (Wildman–Crippen LogP) is 2.42. The van der Waals surface area contributed by atoms with Gasteiger partial charge in [-0.1, -0.05) is 13.3 Å². The lowest BCUT2D eigenvalue weighted by Gasteiger charge is -2.06. The van der Waals surface area contributed by atoms with Gasteiger partial charge in [-0.2, -0.15) is 15.0 Å². The van der Waals surface area contributed by atoms with E-state index in [0.717, 1.165) is 30.4 Å². The Balaban J connectivity index is 2.08. The standard InChI is InChI=1S/C14H19FN4O/c1-2-3-6-19-17-13-5-4-12(7-14(13)18-19)20-10-11(8-15)9-16/h4-5,7-8H,2-3,6,9-10,16H2,1H3/b11-8-. The van der Waals surface area contributed by atoms with Crippen molar-refractivity contribution in [2.24, 2.45) is 5.73 Å². The monoisotopic (exact) mass is 278 g/mol. The van der Waals surface area contributed by atoms with Crippen LogP contribution in [-0.4, -0.2) is 28.1 Å². The van der Waals surface area contributed by atoms with E-state index in [1.54, 1.807) is 16.9 Å². The van der Waals surface area contributed by atoms with Gasteiger partial charge >= 0.3 is 0 Å². The van der Waals surface area contributed by atoms with Crippen LogP contribution in [0.5, 0.6) is 5.75 Å². The smallest absolute Gasteiger partial charge is 0.122 e. The first-order chi connectivity index (χ1) is 9.76. The van der Waals surface area contributed by atoms with E-state index in [-0.39, 0.29) is 13.2 Å². The van der Waals surface area contributed by atoms with Crippen LogP contribution in [0.4, 0.5) is 4.39 Å². The van der Waals surface area contributed by atoms with E-state index in [2.05, 4.69) is 17.1 Å². The predicted molar refractivity (Wildman–Crippen MR) is 76.2 cm³/mol. The van der Waals surface area contributed by atoms with Gasteiger partial charge in [0, 0.05) is 18.2 Å². The molecule has 0 unspecified atom stereocenters. The number of hydrogen-bond donors (Lipinski definition) is 1. The second kappa shape index (κ2) is 7.00. The molecular formula is C14H19FN4O. The fourth-order valence-electron chi connectivity index (χ4n) is 1.74. The van der Waals surface area contributed by atoms with Crippen molar-refractivity contribution in [3.05, 3.63) is 30.1 Å². The number of hydrogen-bond acceptors (Lipinski definition) is 4. The molecule has 1 heterocycles. The van der Waals surface area contributed by atoms with Crippen molar-refractivity contribution in [3.8, 4) is 5.75 Å². The zero-order valence-electron chi connectivity index (χ0n) is 11.6. The highest BCUT2D eigenvalue weighted by molar-refractivity contribution is 5.75. The second-order valence-corrected chi connectivity index (χ2v) is 4.56. The van der Waals surface area contributed by atoms with Gasteiger partial charge in [-0.05, 0) is 18.6 Å². The molecule has 1 aromatic carbocycles. The Bertz CT molecular complexity index is 594. The van der Waals surface area contributed by atoms with Gasteiger partial charge in [0.05, 0.1) is 12.9 Å². The molecule has 5 nitrogen and oxygen atoms in total. The van der Waals surface area contributed by atoms with Crippen LogP contribution in [0.1, 0.15) is 19.8 Å². The second-order valence-electron chi connectivity index (χ2n) is 4.56. The van der Waals surface area contributed by atoms with E-state index in [1.165, 1.54) is 0 Å². The largest absolute Gasteiger partial charge is 0.489 e. The molecule has 0 bridgehead atoms. The van der Waals surface area contributed by atoms with Crippen molar-refractivity contribution in [2.75, 3.05) is 13.2 Å². The Hall–Kier alpha value is -1.95. The Labute approximate surface area is 117 Å². The third-order valence-electron chi connectivity index (χ3n) is 2.95. The first-order valence-electron chi connectivity index (χ1n) is 6.72. The van der Waals surface area contributed by atoms with Crippen LogP contribution < -0.4 is 10.5 Å². The fraction of sp³-hybridized carbons (Fsp3) is 0.429. The lowest BCUT2D eigenvalue weighted by Crippen LogP contribution is -2.10. The summed E-state index contributed by atoms with van der Waals surface area (Å²) in [6, 6.07) is 5.45. The van der Waals surface area contributed by atoms with E-state index in [9.17, 15) is 4.39 Å². The molecule has 0 aliphatic carbocycles. The summed E-state index contributed by atoms with van der Waals surface area (Å²) in [6.07, 6.45) is 2.63. The van der Waals surface area contributed by atoms with Crippen LogP contribution in [-0.2, 0) is 6.54 Å². The Kier molecular flexibility index (Phi) is 5.06. The molecule has 2 aromatic rings. The Morgan fingerprint density at radius 1 is 1.40 bits per heavy atom. The number of aromatic nitrogens is 3. The lowest BCUT2D eigenvalue weighted by molar-refractivity contribution is 0.348. The fourth-order valence-corrected chi connectivity index (χ4v) is 1.74. The number of fused-ring (bicyclic) bond motifs is 1. The SMILES string of the molecule is CCCCn1nc2ccc(OC/C(=C\F)CN)cc2n1. The number of halogens is 1. The molecule has 0 fully saturated rings. The number of nitrogens with zero attached hydrogens (tertiary/aromatic N) is 3. The Morgan fingerprint density at radius 3 is 2.90 bits per heavy atom. The molecule has 2 rings (SSSR count). The lowest BCUT2D eigenvalue weighted by atomic mass is 10.3. The van der Waals surface area contributed by atoms with Gasteiger partial charge in [-0.15, -0.1) is 0 Å². The van der Waals surface area contributed by atoms with E-state index in [4.69, 9.17) is 10.5 Å². The molecule has 20 heavy (non-hydrogen) atoms. The maximum absolute atomic E-state index is 12.4.